The Morgan fingerprint density at radius 2 is 2.03 bits per heavy atom. The van der Waals surface area contributed by atoms with Crippen LogP contribution in [0.2, 0.25) is 0 Å². The SMILES string of the molecule is CN=C(NCCCN1CCN(c2ccccc2F)CC1)N(C)Cc1csc(C)n1. The molecule has 0 amide bonds. The molecule has 158 valence electrons. The van der Waals surface area contributed by atoms with Crippen molar-refractivity contribution in [3.8, 4) is 0 Å². The highest BCUT2D eigenvalue weighted by Gasteiger charge is 2.18. The van der Waals surface area contributed by atoms with Gasteiger partial charge in [0.05, 0.1) is 22.9 Å². The zero-order valence-corrected chi connectivity index (χ0v) is 18.4. The van der Waals surface area contributed by atoms with E-state index in [1.807, 2.05) is 33.2 Å². The van der Waals surface area contributed by atoms with E-state index < -0.39 is 0 Å². The summed E-state index contributed by atoms with van der Waals surface area (Å²) in [5.41, 5.74) is 1.79. The number of hydrogen-bond donors (Lipinski definition) is 1. The lowest BCUT2D eigenvalue weighted by atomic mass is 10.2. The van der Waals surface area contributed by atoms with Crippen LogP contribution < -0.4 is 10.2 Å². The van der Waals surface area contributed by atoms with E-state index in [1.165, 1.54) is 6.07 Å². The first-order valence-corrected chi connectivity index (χ1v) is 11.0. The summed E-state index contributed by atoms with van der Waals surface area (Å²) < 4.78 is 14.0. The van der Waals surface area contributed by atoms with Crippen molar-refractivity contribution < 1.29 is 4.39 Å². The van der Waals surface area contributed by atoms with E-state index in [4.69, 9.17) is 0 Å². The number of rotatable bonds is 7. The van der Waals surface area contributed by atoms with E-state index in [2.05, 4.69) is 35.4 Å². The van der Waals surface area contributed by atoms with Gasteiger partial charge in [0.2, 0.25) is 0 Å². The van der Waals surface area contributed by atoms with Crippen LogP contribution in [0.3, 0.4) is 0 Å². The van der Waals surface area contributed by atoms with E-state index >= 15 is 0 Å². The maximum atomic E-state index is 14.0. The molecule has 29 heavy (non-hydrogen) atoms. The molecule has 3 rings (SSSR count). The fourth-order valence-corrected chi connectivity index (χ4v) is 4.21. The maximum Gasteiger partial charge on any atom is 0.193 e. The van der Waals surface area contributed by atoms with Crippen LogP contribution in [-0.4, -0.2) is 74.1 Å². The molecular formula is C21H31FN6S. The molecule has 1 aromatic carbocycles. The van der Waals surface area contributed by atoms with Crippen molar-refractivity contribution >= 4 is 23.0 Å². The Hall–Kier alpha value is -2.19. The standard InChI is InChI=1S/C21H31FN6S/c1-17-25-18(16-29-17)15-26(3)21(23-2)24-9-6-10-27-11-13-28(14-12-27)20-8-5-4-7-19(20)22/h4-5,7-8,16H,6,9-15H2,1-3H3,(H,23,24). The molecule has 1 aromatic heterocycles. The average molecular weight is 419 g/mol. The quantitative estimate of drug-likeness (QED) is 0.426. The Morgan fingerprint density at radius 1 is 1.28 bits per heavy atom. The molecule has 0 saturated carbocycles. The van der Waals surface area contributed by atoms with Crippen LogP contribution in [0.4, 0.5) is 10.1 Å². The Bertz CT molecular complexity index is 800. The molecule has 0 aliphatic carbocycles. The first-order chi connectivity index (χ1) is 14.1. The normalized spacial score (nSPS) is 15.6. The second-order valence-electron chi connectivity index (χ2n) is 7.32. The van der Waals surface area contributed by atoms with Crippen LogP contribution in [0, 0.1) is 12.7 Å². The van der Waals surface area contributed by atoms with E-state index in [1.54, 1.807) is 17.4 Å². The van der Waals surface area contributed by atoms with Gasteiger partial charge in [-0.15, -0.1) is 11.3 Å². The second kappa shape index (κ2) is 10.5. The second-order valence-corrected chi connectivity index (χ2v) is 8.38. The summed E-state index contributed by atoms with van der Waals surface area (Å²) in [6.07, 6.45) is 1.04. The largest absolute Gasteiger partial charge is 0.367 e. The van der Waals surface area contributed by atoms with Crippen molar-refractivity contribution in [1.29, 1.82) is 0 Å². The van der Waals surface area contributed by atoms with Gasteiger partial charge in [-0.25, -0.2) is 9.37 Å². The molecule has 1 saturated heterocycles. The van der Waals surface area contributed by atoms with Crippen molar-refractivity contribution in [3.05, 3.63) is 46.2 Å². The molecule has 2 aromatic rings. The van der Waals surface area contributed by atoms with E-state index in [0.29, 0.717) is 0 Å². The Kier molecular flexibility index (Phi) is 7.83. The molecule has 0 bridgehead atoms. The number of anilines is 1. The van der Waals surface area contributed by atoms with Crippen LogP contribution >= 0.6 is 11.3 Å². The molecule has 0 spiro atoms. The van der Waals surface area contributed by atoms with Gasteiger partial charge in [-0.05, 0) is 32.0 Å². The number of aryl methyl sites for hydroxylation is 1. The van der Waals surface area contributed by atoms with Crippen LogP contribution in [0.1, 0.15) is 17.1 Å². The van der Waals surface area contributed by atoms with Crippen LogP contribution in [0.25, 0.3) is 0 Å². The number of nitrogens with zero attached hydrogens (tertiary/aromatic N) is 5. The van der Waals surface area contributed by atoms with Crippen molar-refractivity contribution in [1.82, 2.24) is 20.1 Å². The smallest absolute Gasteiger partial charge is 0.193 e. The minimum atomic E-state index is -0.131. The Morgan fingerprint density at radius 3 is 2.69 bits per heavy atom. The molecule has 0 unspecified atom stereocenters. The average Bonchev–Trinajstić information content (AvgIpc) is 3.13. The highest BCUT2D eigenvalue weighted by Crippen LogP contribution is 2.20. The van der Waals surface area contributed by atoms with Gasteiger partial charge in [0.25, 0.3) is 0 Å². The summed E-state index contributed by atoms with van der Waals surface area (Å²) in [4.78, 5) is 15.6. The number of halogens is 1. The van der Waals surface area contributed by atoms with E-state index in [0.717, 1.165) is 74.6 Å². The zero-order valence-electron chi connectivity index (χ0n) is 17.6. The van der Waals surface area contributed by atoms with Crippen molar-refractivity contribution in [2.45, 2.75) is 19.9 Å². The highest BCUT2D eigenvalue weighted by molar-refractivity contribution is 7.09. The molecule has 1 N–H and O–H groups in total. The van der Waals surface area contributed by atoms with Crippen LogP contribution in [0.5, 0.6) is 0 Å². The van der Waals surface area contributed by atoms with Gasteiger partial charge in [-0.1, -0.05) is 12.1 Å². The summed E-state index contributed by atoms with van der Waals surface area (Å²) in [5, 5.41) is 6.63. The van der Waals surface area contributed by atoms with E-state index in [-0.39, 0.29) is 5.82 Å². The number of hydrogen-bond acceptors (Lipinski definition) is 5. The van der Waals surface area contributed by atoms with Gasteiger partial charge in [-0.3, -0.25) is 9.89 Å². The van der Waals surface area contributed by atoms with Crippen molar-refractivity contribution in [2.75, 3.05) is 58.3 Å². The predicted molar refractivity (Wildman–Crippen MR) is 119 cm³/mol. The van der Waals surface area contributed by atoms with Crippen molar-refractivity contribution in [2.24, 2.45) is 4.99 Å². The van der Waals surface area contributed by atoms with Crippen LogP contribution in [0.15, 0.2) is 34.6 Å². The minimum absolute atomic E-state index is 0.131. The Labute approximate surface area is 177 Å². The number of para-hydroxylation sites is 1. The minimum Gasteiger partial charge on any atom is -0.367 e. The number of thiazole rings is 1. The predicted octanol–water partition coefficient (Wildman–Crippen LogP) is 2.81. The zero-order chi connectivity index (χ0) is 20.6. The monoisotopic (exact) mass is 418 g/mol. The lowest BCUT2D eigenvalue weighted by molar-refractivity contribution is 0.254. The maximum absolute atomic E-state index is 14.0. The summed E-state index contributed by atoms with van der Waals surface area (Å²) >= 11 is 1.67. The molecule has 0 radical (unpaired) electrons. The van der Waals surface area contributed by atoms with Gasteiger partial charge in [-0.2, -0.15) is 0 Å². The molecule has 0 atom stereocenters. The Balaban J connectivity index is 1.35. The summed E-state index contributed by atoms with van der Waals surface area (Å²) in [5.74, 6) is 0.758. The first kappa shape index (κ1) is 21.5. The number of piperazine rings is 1. The number of aromatic nitrogens is 1. The number of nitrogens with one attached hydrogen (secondary N) is 1. The number of aliphatic imine (C=N–C) groups is 1. The van der Waals surface area contributed by atoms with E-state index in [9.17, 15) is 4.39 Å². The first-order valence-electron chi connectivity index (χ1n) is 10.1. The summed E-state index contributed by atoms with van der Waals surface area (Å²) in [7, 11) is 3.85. The van der Waals surface area contributed by atoms with Gasteiger partial charge in [0.15, 0.2) is 5.96 Å². The lowest BCUT2D eigenvalue weighted by Gasteiger charge is -2.36. The molecule has 1 aliphatic rings. The number of guanidine groups is 1. The van der Waals surface area contributed by atoms with Gasteiger partial charge >= 0.3 is 0 Å². The highest BCUT2D eigenvalue weighted by atomic mass is 32.1. The topological polar surface area (TPSA) is 47.0 Å². The van der Waals surface area contributed by atoms with Crippen LogP contribution in [-0.2, 0) is 6.54 Å². The third kappa shape index (κ3) is 6.14. The van der Waals surface area contributed by atoms with Crippen molar-refractivity contribution in [3.63, 3.8) is 0 Å². The third-order valence-corrected chi connectivity index (χ3v) is 5.96. The fraction of sp³-hybridized carbons (Fsp3) is 0.524. The molecule has 1 aliphatic heterocycles. The van der Waals surface area contributed by atoms with Gasteiger partial charge in [0, 0.05) is 52.2 Å². The molecule has 6 nitrogen and oxygen atoms in total. The van der Waals surface area contributed by atoms with Gasteiger partial charge in [0.1, 0.15) is 5.82 Å². The number of benzene rings is 1. The lowest BCUT2D eigenvalue weighted by Crippen LogP contribution is -2.47. The molecular weight excluding hydrogens is 387 g/mol. The fourth-order valence-electron chi connectivity index (χ4n) is 3.61. The molecule has 2 heterocycles. The summed E-state index contributed by atoms with van der Waals surface area (Å²) in [6.45, 7) is 8.35. The molecule has 1 fully saturated rings. The summed E-state index contributed by atoms with van der Waals surface area (Å²) in [6, 6.07) is 7.04. The molecule has 8 heteroatoms. The van der Waals surface area contributed by atoms with Gasteiger partial charge < -0.3 is 15.1 Å². The third-order valence-electron chi connectivity index (χ3n) is 5.14.